The van der Waals surface area contributed by atoms with Crippen molar-refractivity contribution in [2.75, 3.05) is 0 Å². The molecule has 86 valence electrons. The van der Waals surface area contributed by atoms with E-state index in [2.05, 4.69) is 5.10 Å². The van der Waals surface area contributed by atoms with Gasteiger partial charge in [-0.1, -0.05) is 0 Å². The number of aromatic nitrogens is 2. The predicted octanol–water partition coefficient (Wildman–Crippen LogP) is 2.15. The maximum absolute atomic E-state index is 12.3. The molecule has 0 aromatic carbocycles. The van der Waals surface area contributed by atoms with E-state index in [0.29, 0.717) is 0 Å². The standard InChI is InChI=1S/C9H13F3N2O/c1-4-14-7(8(2,3)15)5-6(13-14)9(10,11)12/h5,15H,4H2,1-3H3. The van der Waals surface area contributed by atoms with Gasteiger partial charge in [0.15, 0.2) is 5.69 Å². The van der Waals surface area contributed by atoms with Gasteiger partial charge in [0, 0.05) is 6.54 Å². The first-order chi connectivity index (χ1) is 6.66. The summed E-state index contributed by atoms with van der Waals surface area (Å²) in [5, 5.41) is 13.0. The topological polar surface area (TPSA) is 38.0 Å². The van der Waals surface area contributed by atoms with Crippen molar-refractivity contribution in [1.29, 1.82) is 0 Å². The zero-order valence-electron chi connectivity index (χ0n) is 8.76. The molecule has 1 N–H and O–H groups in total. The number of hydrogen-bond donors (Lipinski definition) is 1. The fourth-order valence-corrected chi connectivity index (χ4v) is 1.29. The first kappa shape index (κ1) is 12.0. The highest BCUT2D eigenvalue weighted by atomic mass is 19.4. The van der Waals surface area contributed by atoms with Gasteiger partial charge in [-0.25, -0.2) is 0 Å². The second kappa shape index (κ2) is 3.52. The first-order valence-electron chi connectivity index (χ1n) is 4.54. The fraction of sp³-hybridized carbons (Fsp3) is 0.667. The van der Waals surface area contributed by atoms with Crippen molar-refractivity contribution in [2.24, 2.45) is 0 Å². The lowest BCUT2D eigenvalue weighted by atomic mass is 10.1. The van der Waals surface area contributed by atoms with E-state index in [1.807, 2.05) is 0 Å². The molecule has 1 heterocycles. The van der Waals surface area contributed by atoms with Gasteiger partial charge in [-0.15, -0.1) is 0 Å². The van der Waals surface area contributed by atoms with Crippen LogP contribution in [0, 0.1) is 0 Å². The van der Waals surface area contributed by atoms with Gasteiger partial charge in [-0.2, -0.15) is 18.3 Å². The van der Waals surface area contributed by atoms with Gasteiger partial charge in [0.05, 0.1) is 5.69 Å². The van der Waals surface area contributed by atoms with Crippen molar-refractivity contribution in [3.8, 4) is 0 Å². The minimum Gasteiger partial charge on any atom is -0.384 e. The lowest BCUT2D eigenvalue weighted by molar-refractivity contribution is -0.141. The summed E-state index contributed by atoms with van der Waals surface area (Å²) < 4.78 is 38.2. The van der Waals surface area contributed by atoms with E-state index in [9.17, 15) is 18.3 Å². The normalized spacial score (nSPS) is 13.3. The highest BCUT2D eigenvalue weighted by molar-refractivity contribution is 5.18. The van der Waals surface area contributed by atoms with Crippen LogP contribution in [0.5, 0.6) is 0 Å². The van der Waals surface area contributed by atoms with E-state index in [0.717, 1.165) is 10.7 Å². The van der Waals surface area contributed by atoms with E-state index < -0.39 is 17.5 Å². The van der Waals surface area contributed by atoms with Crippen LogP contribution in [0.4, 0.5) is 13.2 Å². The summed E-state index contributed by atoms with van der Waals surface area (Å²) in [6.07, 6.45) is -4.47. The monoisotopic (exact) mass is 222 g/mol. The summed E-state index contributed by atoms with van der Waals surface area (Å²) in [5.74, 6) is 0. The third kappa shape index (κ3) is 2.50. The molecule has 0 aliphatic rings. The molecule has 0 unspecified atom stereocenters. The number of aliphatic hydroxyl groups is 1. The Morgan fingerprint density at radius 1 is 1.40 bits per heavy atom. The second-order valence-corrected chi connectivity index (χ2v) is 3.79. The summed E-state index contributed by atoms with van der Waals surface area (Å²) in [6.45, 7) is 4.81. The van der Waals surface area contributed by atoms with Crippen molar-refractivity contribution in [3.05, 3.63) is 17.5 Å². The summed E-state index contributed by atoms with van der Waals surface area (Å²) in [4.78, 5) is 0. The number of nitrogens with zero attached hydrogens (tertiary/aromatic N) is 2. The SMILES string of the molecule is CCn1nc(C(F)(F)F)cc1C(C)(C)O. The molecule has 1 rings (SSSR count). The molecule has 0 aliphatic carbocycles. The Morgan fingerprint density at radius 2 is 1.93 bits per heavy atom. The van der Waals surface area contributed by atoms with Crippen LogP contribution in [0.15, 0.2) is 6.07 Å². The van der Waals surface area contributed by atoms with E-state index in [1.54, 1.807) is 6.92 Å². The molecule has 1 aromatic heterocycles. The minimum absolute atomic E-state index is 0.164. The Hall–Kier alpha value is -1.04. The molecule has 0 saturated carbocycles. The van der Waals surface area contributed by atoms with Crippen molar-refractivity contribution in [2.45, 2.75) is 39.1 Å². The van der Waals surface area contributed by atoms with Crippen molar-refractivity contribution in [1.82, 2.24) is 9.78 Å². The molecule has 15 heavy (non-hydrogen) atoms. The minimum atomic E-state index is -4.47. The quantitative estimate of drug-likeness (QED) is 0.832. The molecule has 0 saturated heterocycles. The van der Waals surface area contributed by atoms with E-state index in [4.69, 9.17) is 0 Å². The van der Waals surface area contributed by atoms with Gasteiger partial charge in [-0.3, -0.25) is 4.68 Å². The molecule has 6 heteroatoms. The Kier molecular flexibility index (Phi) is 2.82. The van der Waals surface area contributed by atoms with Gasteiger partial charge in [0.1, 0.15) is 5.60 Å². The van der Waals surface area contributed by atoms with Crippen LogP contribution in [0.25, 0.3) is 0 Å². The summed E-state index contributed by atoms with van der Waals surface area (Å²) in [5.41, 5.74) is -2.13. The summed E-state index contributed by atoms with van der Waals surface area (Å²) in [6, 6.07) is 0.878. The Balaban J connectivity index is 3.24. The molecule has 0 bridgehead atoms. The van der Waals surface area contributed by atoms with Crippen LogP contribution in [-0.4, -0.2) is 14.9 Å². The van der Waals surface area contributed by atoms with Gasteiger partial charge < -0.3 is 5.11 Å². The number of aryl methyl sites for hydroxylation is 1. The molecule has 0 amide bonds. The third-order valence-corrected chi connectivity index (χ3v) is 2.00. The Labute approximate surface area is 85.5 Å². The van der Waals surface area contributed by atoms with Crippen molar-refractivity contribution < 1.29 is 18.3 Å². The molecule has 0 atom stereocenters. The predicted molar refractivity (Wildman–Crippen MR) is 48.1 cm³/mol. The number of alkyl halides is 3. The average molecular weight is 222 g/mol. The van der Waals surface area contributed by atoms with Gasteiger partial charge in [-0.05, 0) is 26.8 Å². The van der Waals surface area contributed by atoms with Crippen LogP contribution in [0.2, 0.25) is 0 Å². The van der Waals surface area contributed by atoms with Crippen LogP contribution in [0.1, 0.15) is 32.2 Å². The van der Waals surface area contributed by atoms with Crippen LogP contribution in [0.3, 0.4) is 0 Å². The van der Waals surface area contributed by atoms with Gasteiger partial charge in [0.25, 0.3) is 0 Å². The highest BCUT2D eigenvalue weighted by Gasteiger charge is 2.36. The van der Waals surface area contributed by atoms with Gasteiger partial charge in [0.2, 0.25) is 0 Å². The molecular weight excluding hydrogens is 209 g/mol. The molecule has 0 spiro atoms. The van der Waals surface area contributed by atoms with Crippen LogP contribution < -0.4 is 0 Å². The molecular formula is C9H13F3N2O. The largest absolute Gasteiger partial charge is 0.435 e. The third-order valence-electron chi connectivity index (χ3n) is 2.00. The zero-order chi connectivity index (χ0) is 11.9. The van der Waals surface area contributed by atoms with Crippen molar-refractivity contribution in [3.63, 3.8) is 0 Å². The smallest absolute Gasteiger partial charge is 0.384 e. The van der Waals surface area contributed by atoms with Gasteiger partial charge >= 0.3 is 6.18 Å². The van der Waals surface area contributed by atoms with E-state index in [-0.39, 0.29) is 12.2 Å². The van der Waals surface area contributed by atoms with Crippen LogP contribution >= 0.6 is 0 Å². The summed E-state index contributed by atoms with van der Waals surface area (Å²) >= 11 is 0. The maximum atomic E-state index is 12.3. The average Bonchev–Trinajstić information content (AvgIpc) is 2.44. The molecule has 1 aromatic rings. The lowest BCUT2D eigenvalue weighted by Gasteiger charge is -2.17. The highest BCUT2D eigenvalue weighted by Crippen LogP contribution is 2.31. The molecule has 0 aliphatic heterocycles. The first-order valence-corrected chi connectivity index (χ1v) is 4.54. The Bertz CT molecular complexity index is 349. The Morgan fingerprint density at radius 3 is 2.20 bits per heavy atom. The van der Waals surface area contributed by atoms with Crippen molar-refractivity contribution >= 4 is 0 Å². The molecule has 0 fully saturated rings. The number of halogens is 3. The lowest BCUT2D eigenvalue weighted by Crippen LogP contribution is -2.20. The zero-order valence-corrected chi connectivity index (χ0v) is 8.76. The summed E-state index contributed by atoms with van der Waals surface area (Å²) in [7, 11) is 0. The number of hydrogen-bond acceptors (Lipinski definition) is 2. The van der Waals surface area contributed by atoms with E-state index >= 15 is 0 Å². The number of rotatable bonds is 2. The molecule has 3 nitrogen and oxygen atoms in total. The maximum Gasteiger partial charge on any atom is 0.435 e. The fourth-order valence-electron chi connectivity index (χ4n) is 1.29. The van der Waals surface area contributed by atoms with Crippen LogP contribution in [-0.2, 0) is 18.3 Å². The molecule has 0 radical (unpaired) electrons. The second-order valence-electron chi connectivity index (χ2n) is 3.79. The van der Waals surface area contributed by atoms with E-state index in [1.165, 1.54) is 13.8 Å².